The van der Waals surface area contributed by atoms with Crippen molar-refractivity contribution in [3.63, 3.8) is 0 Å². The van der Waals surface area contributed by atoms with E-state index in [1.165, 1.54) is 77.5 Å². The van der Waals surface area contributed by atoms with Gasteiger partial charge in [-0.2, -0.15) is 0 Å². The summed E-state index contributed by atoms with van der Waals surface area (Å²) in [6.07, 6.45) is 11.4. The largest absolute Gasteiger partial charge is 0.314 e. The Morgan fingerprint density at radius 3 is 2.40 bits per heavy atom. The Morgan fingerprint density at radius 2 is 1.67 bits per heavy atom. The summed E-state index contributed by atoms with van der Waals surface area (Å²) in [5.41, 5.74) is 0. The summed E-state index contributed by atoms with van der Waals surface area (Å²) in [4.78, 5) is 2.63. The van der Waals surface area contributed by atoms with Crippen molar-refractivity contribution in [2.24, 2.45) is 0 Å². The number of rotatable bonds is 8. The van der Waals surface area contributed by atoms with Crippen LogP contribution in [0.5, 0.6) is 0 Å². The molecule has 1 aliphatic heterocycles. The van der Waals surface area contributed by atoms with Gasteiger partial charge in [0, 0.05) is 6.04 Å². The lowest BCUT2D eigenvalue weighted by Crippen LogP contribution is -2.20. The molecule has 1 aliphatic carbocycles. The summed E-state index contributed by atoms with van der Waals surface area (Å²) in [6, 6.07) is 0.898. The second kappa shape index (κ2) is 6.49. The van der Waals surface area contributed by atoms with E-state index < -0.39 is 0 Å². The summed E-state index contributed by atoms with van der Waals surface area (Å²) >= 11 is 0. The first-order valence-electron chi connectivity index (χ1n) is 6.91. The van der Waals surface area contributed by atoms with Crippen LogP contribution in [0.4, 0.5) is 0 Å². The Bertz CT molecular complexity index is 160. The number of likely N-dealkylation sites (tertiary alicyclic amines) is 1. The van der Waals surface area contributed by atoms with Crippen LogP contribution >= 0.6 is 0 Å². The number of nitrogens with zero attached hydrogens (tertiary/aromatic N) is 1. The minimum atomic E-state index is 0.898. The van der Waals surface area contributed by atoms with Gasteiger partial charge in [0.1, 0.15) is 0 Å². The number of unbranched alkanes of at least 4 members (excludes halogenated alkanes) is 3. The van der Waals surface area contributed by atoms with E-state index in [0.717, 1.165) is 6.04 Å². The maximum absolute atomic E-state index is 3.58. The zero-order chi connectivity index (χ0) is 10.3. The van der Waals surface area contributed by atoms with Crippen LogP contribution in [0.1, 0.15) is 51.4 Å². The molecule has 0 aromatic heterocycles. The predicted molar refractivity (Wildman–Crippen MR) is 65.2 cm³/mol. The Labute approximate surface area is 94.4 Å². The van der Waals surface area contributed by atoms with Crippen LogP contribution in [0.3, 0.4) is 0 Å². The van der Waals surface area contributed by atoms with E-state index >= 15 is 0 Å². The van der Waals surface area contributed by atoms with Gasteiger partial charge in [-0.15, -0.1) is 0 Å². The molecule has 2 rings (SSSR count). The van der Waals surface area contributed by atoms with Gasteiger partial charge in [0.25, 0.3) is 0 Å². The normalized spacial score (nSPS) is 22.4. The van der Waals surface area contributed by atoms with E-state index in [2.05, 4.69) is 10.2 Å². The van der Waals surface area contributed by atoms with Crippen molar-refractivity contribution in [2.75, 3.05) is 26.2 Å². The lowest BCUT2D eigenvalue weighted by atomic mass is 10.2. The van der Waals surface area contributed by atoms with Crippen molar-refractivity contribution in [1.82, 2.24) is 10.2 Å². The van der Waals surface area contributed by atoms with Crippen molar-refractivity contribution < 1.29 is 0 Å². The lowest BCUT2D eigenvalue weighted by molar-refractivity contribution is 0.328. The van der Waals surface area contributed by atoms with Gasteiger partial charge in [0.15, 0.2) is 0 Å². The van der Waals surface area contributed by atoms with E-state index in [1.54, 1.807) is 0 Å². The molecule has 0 unspecified atom stereocenters. The molecule has 1 saturated heterocycles. The van der Waals surface area contributed by atoms with E-state index in [0.29, 0.717) is 0 Å². The van der Waals surface area contributed by atoms with Gasteiger partial charge in [-0.3, -0.25) is 0 Å². The molecule has 0 aromatic carbocycles. The van der Waals surface area contributed by atoms with Crippen LogP contribution in [0, 0.1) is 0 Å². The minimum absolute atomic E-state index is 0.898. The summed E-state index contributed by atoms with van der Waals surface area (Å²) in [5.74, 6) is 0. The highest BCUT2D eigenvalue weighted by Crippen LogP contribution is 2.18. The third kappa shape index (κ3) is 4.98. The highest BCUT2D eigenvalue weighted by atomic mass is 15.1. The topological polar surface area (TPSA) is 15.3 Å². The third-order valence-corrected chi connectivity index (χ3v) is 3.61. The van der Waals surface area contributed by atoms with E-state index in [9.17, 15) is 0 Å². The first-order valence-corrected chi connectivity index (χ1v) is 6.91. The Hall–Kier alpha value is -0.0800. The number of hydrogen-bond acceptors (Lipinski definition) is 2. The van der Waals surface area contributed by atoms with Crippen LogP contribution in [0.25, 0.3) is 0 Å². The summed E-state index contributed by atoms with van der Waals surface area (Å²) in [5, 5.41) is 3.58. The lowest BCUT2D eigenvalue weighted by Gasteiger charge is -2.13. The molecule has 2 nitrogen and oxygen atoms in total. The maximum Gasteiger partial charge on any atom is 0.00682 e. The predicted octanol–water partition coefficient (Wildman–Crippen LogP) is 2.39. The Balaban J connectivity index is 1.32. The van der Waals surface area contributed by atoms with Crippen LogP contribution in [-0.4, -0.2) is 37.1 Å². The van der Waals surface area contributed by atoms with Crippen LogP contribution < -0.4 is 5.32 Å². The Morgan fingerprint density at radius 1 is 0.933 bits per heavy atom. The number of nitrogens with one attached hydrogen (secondary N) is 1. The second-order valence-electron chi connectivity index (χ2n) is 5.19. The highest BCUT2D eigenvalue weighted by molar-refractivity contribution is 4.80. The molecule has 2 heteroatoms. The molecular formula is C13H26N2. The van der Waals surface area contributed by atoms with Gasteiger partial charge in [0.2, 0.25) is 0 Å². The quantitative estimate of drug-likeness (QED) is 0.619. The molecule has 2 aliphatic rings. The first-order chi connectivity index (χ1) is 7.45. The molecule has 0 spiro atoms. The molecule has 0 aromatic rings. The smallest absolute Gasteiger partial charge is 0.00682 e. The van der Waals surface area contributed by atoms with Gasteiger partial charge >= 0.3 is 0 Å². The highest BCUT2D eigenvalue weighted by Gasteiger charge is 2.19. The molecule has 88 valence electrons. The van der Waals surface area contributed by atoms with Crippen molar-refractivity contribution in [3.05, 3.63) is 0 Å². The fourth-order valence-corrected chi connectivity index (χ4v) is 2.41. The minimum Gasteiger partial charge on any atom is -0.314 e. The van der Waals surface area contributed by atoms with Crippen molar-refractivity contribution in [2.45, 2.75) is 57.4 Å². The number of hydrogen-bond donors (Lipinski definition) is 1. The molecule has 1 heterocycles. The average Bonchev–Trinajstić information content (AvgIpc) is 2.92. The molecular weight excluding hydrogens is 184 g/mol. The van der Waals surface area contributed by atoms with Gasteiger partial charge in [-0.25, -0.2) is 0 Å². The monoisotopic (exact) mass is 210 g/mol. The summed E-state index contributed by atoms with van der Waals surface area (Å²) in [6.45, 7) is 5.34. The second-order valence-corrected chi connectivity index (χ2v) is 5.19. The maximum atomic E-state index is 3.58. The van der Waals surface area contributed by atoms with Crippen LogP contribution in [-0.2, 0) is 0 Å². The molecule has 15 heavy (non-hydrogen) atoms. The van der Waals surface area contributed by atoms with E-state index in [1.807, 2.05) is 0 Å². The first kappa shape index (κ1) is 11.4. The van der Waals surface area contributed by atoms with E-state index in [4.69, 9.17) is 0 Å². The third-order valence-electron chi connectivity index (χ3n) is 3.61. The fraction of sp³-hybridized carbons (Fsp3) is 1.00. The van der Waals surface area contributed by atoms with Crippen LogP contribution in [0.2, 0.25) is 0 Å². The summed E-state index contributed by atoms with van der Waals surface area (Å²) in [7, 11) is 0. The standard InChI is InChI=1S/C13H26N2/c1(3-9-14-13-7-8-13)2-4-10-15-11-5-6-12-15/h13-14H,1-12H2. The molecule has 0 amide bonds. The van der Waals surface area contributed by atoms with Crippen molar-refractivity contribution >= 4 is 0 Å². The zero-order valence-corrected chi connectivity index (χ0v) is 10.0. The van der Waals surface area contributed by atoms with Gasteiger partial charge in [-0.1, -0.05) is 12.8 Å². The fourth-order valence-electron chi connectivity index (χ4n) is 2.41. The van der Waals surface area contributed by atoms with Crippen LogP contribution in [0.15, 0.2) is 0 Å². The van der Waals surface area contributed by atoms with Crippen molar-refractivity contribution in [3.8, 4) is 0 Å². The van der Waals surface area contributed by atoms with Gasteiger partial charge in [-0.05, 0) is 64.7 Å². The van der Waals surface area contributed by atoms with Gasteiger partial charge < -0.3 is 10.2 Å². The van der Waals surface area contributed by atoms with Crippen molar-refractivity contribution in [1.29, 1.82) is 0 Å². The molecule has 1 N–H and O–H groups in total. The molecule has 0 atom stereocenters. The molecule has 0 bridgehead atoms. The zero-order valence-electron chi connectivity index (χ0n) is 10.0. The molecule has 0 radical (unpaired) electrons. The molecule has 2 fully saturated rings. The Kier molecular flexibility index (Phi) is 4.94. The van der Waals surface area contributed by atoms with E-state index in [-0.39, 0.29) is 0 Å². The SMILES string of the molecule is C(CCCN1CCCC1)CCNC1CC1. The average molecular weight is 210 g/mol. The molecule has 1 saturated carbocycles. The van der Waals surface area contributed by atoms with Gasteiger partial charge in [0.05, 0.1) is 0 Å². The summed E-state index contributed by atoms with van der Waals surface area (Å²) < 4.78 is 0.